The van der Waals surface area contributed by atoms with E-state index in [0.717, 1.165) is 0 Å². The molecule has 0 aromatic carbocycles. The molecule has 0 rings (SSSR count). The van der Waals surface area contributed by atoms with E-state index in [4.69, 9.17) is 5.11 Å². The smallest absolute Gasteiger partial charge is 0.326 e. The summed E-state index contributed by atoms with van der Waals surface area (Å²) in [6.07, 6.45) is -1.10. The number of amides is 4. The fraction of sp³-hybridized carbons (Fsp3) is 0.625. The number of nitrogens with one attached hydrogen (secondary N) is 4. The van der Waals surface area contributed by atoms with Gasteiger partial charge < -0.3 is 41.7 Å². The molecule has 4 atom stereocenters. The van der Waals surface area contributed by atoms with Crippen molar-refractivity contribution < 1.29 is 63.6 Å². The predicted octanol–water partition coefficient (Wildman–Crippen LogP) is -1.71. The van der Waals surface area contributed by atoms with Gasteiger partial charge in [-0.15, -0.1) is 0 Å². The lowest BCUT2D eigenvalue weighted by atomic mass is 10.1. The van der Waals surface area contributed by atoms with Gasteiger partial charge in [0.15, 0.2) is 6.29 Å². The van der Waals surface area contributed by atoms with Crippen LogP contribution in [0.25, 0.3) is 0 Å². The van der Waals surface area contributed by atoms with E-state index in [0.29, 0.717) is 6.42 Å². The number of carbonyl (C=O) groups excluding carboxylic acids is 5. The number of carbonyl (C=O) groups is 8. The van der Waals surface area contributed by atoms with Gasteiger partial charge in [-0.3, -0.25) is 24.0 Å². The van der Waals surface area contributed by atoms with Gasteiger partial charge in [0.05, 0.1) is 0 Å². The summed E-state index contributed by atoms with van der Waals surface area (Å²) in [7, 11) is 0. The van der Waals surface area contributed by atoms with E-state index in [1.54, 1.807) is 6.92 Å². The van der Waals surface area contributed by atoms with E-state index in [-0.39, 0.29) is 25.7 Å². The number of hydrogen-bond acceptors (Lipinski definition) is 9. The molecule has 8 N–H and O–H groups in total. The third-order valence-corrected chi connectivity index (χ3v) is 5.53. The van der Waals surface area contributed by atoms with E-state index in [1.165, 1.54) is 6.29 Å². The van der Waals surface area contributed by atoms with E-state index < -0.39 is 104 Å². The van der Waals surface area contributed by atoms with Gasteiger partial charge in [0.25, 0.3) is 0 Å². The molecule has 0 unspecified atom stereocenters. The first-order valence-corrected chi connectivity index (χ1v) is 12.6. The van der Waals surface area contributed by atoms with Crippen LogP contribution in [0.3, 0.4) is 0 Å². The van der Waals surface area contributed by atoms with Crippen molar-refractivity contribution in [2.45, 2.75) is 95.3 Å². The van der Waals surface area contributed by atoms with Crippen molar-refractivity contribution in [3.8, 4) is 0 Å². The first-order chi connectivity index (χ1) is 19.2. The molecule has 0 aliphatic heterocycles. The quantitative estimate of drug-likeness (QED) is 0.0701. The van der Waals surface area contributed by atoms with Crippen LogP contribution in [-0.2, 0) is 43.2 Å². The van der Waals surface area contributed by atoms with Gasteiger partial charge in [-0.1, -0.05) is 6.92 Å². The first kappa shape index (κ1) is 36.4. The molecule has 41 heavy (non-hydrogen) atoms. The minimum atomic E-state index is -1.58. The van der Waals surface area contributed by atoms with Crippen molar-refractivity contribution in [2.24, 2.45) is 0 Å². The molecule has 0 aromatic heterocycles. The fourth-order valence-electron chi connectivity index (χ4n) is 3.35. The maximum Gasteiger partial charge on any atom is 0.326 e. The summed E-state index contributed by atoms with van der Waals surface area (Å²) in [4.78, 5) is 104. The number of carboxylic acid groups (broad SMARTS) is 4. The normalized spacial score (nSPS) is 13.4. The van der Waals surface area contributed by atoms with Gasteiger partial charge in [-0.2, -0.15) is 0 Å². The molecule has 0 saturated heterocycles. The van der Waals surface area contributed by atoms with Crippen molar-refractivity contribution in [2.75, 3.05) is 0 Å². The molecule has 229 valence electrons. The standard InChI is InChI=1S/C24H35N4O13/c1-2-4-17(30)26-14(22(36)37)6-10-19(32)28-16(24(40)41)8-11-20(33)27-15(23(38)39)7-9-18(31)25-13(21(34)35)5-3-12-29/h13-16H,2-11H2,1H3,(H,25,31)(H,26,30)(H,27,33)(H,28,32)(H,34,35)(H,36,37)(H,38,39)(H,40,41)/t13-,14-,15-,16-/m0/s1. The monoisotopic (exact) mass is 587 g/mol. The SMILES string of the molecule is CCCC(=O)N[C@@H](CCC(=O)N[C@@H](CCC(=O)N[C@@H](CCC(=O)N[C@@H](CC[C]=O)C(=O)O)C(=O)O)C(=O)O)C(=O)O. The highest BCUT2D eigenvalue weighted by molar-refractivity contribution is 5.88. The Balaban J connectivity index is 4.87. The van der Waals surface area contributed by atoms with Crippen molar-refractivity contribution >= 4 is 53.8 Å². The molecule has 0 fully saturated rings. The van der Waals surface area contributed by atoms with Gasteiger partial charge in [0.2, 0.25) is 23.6 Å². The summed E-state index contributed by atoms with van der Waals surface area (Å²) in [6.45, 7) is 1.72. The van der Waals surface area contributed by atoms with Crippen molar-refractivity contribution in [1.29, 1.82) is 0 Å². The van der Waals surface area contributed by atoms with Crippen LogP contribution >= 0.6 is 0 Å². The molecular formula is C24H35N4O13. The van der Waals surface area contributed by atoms with Crippen LogP contribution in [0.15, 0.2) is 0 Å². The largest absolute Gasteiger partial charge is 0.480 e. The number of rotatable bonds is 22. The van der Waals surface area contributed by atoms with Crippen LogP contribution < -0.4 is 21.3 Å². The second-order valence-electron chi connectivity index (χ2n) is 8.88. The highest BCUT2D eigenvalue weighted by Gasteiger charge is 2.27. The van der Waals surface area contributed by atoms with Crippen LogP contribution in [0.2, 0.25) is 0 Å². The highest BCUT2D eigenvalue weighted by atomic mass is 16.4. The maximum absolute atomic E-state index is 12.2. The lowest BCUT2D eigenvalue weighted by Crippen LogP contribution is -2.45. The van der Waals surface area contributed by atoms with Crippen LogP contribution in [0.1, 0.15) is 71.1 Å². The van der Waals surface area contributed by atoms with E-state index in [2.05, 4.69) is 21.3 Å². The Hall–Kier alpha value is -4.57. The summed E-state index contributed by atoms with van der Waals surface area (Å²) < 4.78 is 0. The Morgan fingerprint density at radius 2 is 0.780 bits per heavy atom. The Kier molecular flexibility index (Phi) is 17.3. The first-order valence-electron chi connectivity index (χ1n) is 12.6. The Labute approximate surface area is 234 Å². The zero-order valence-electron chi connectivity index (χ0n) is 22.3. The van der Waals surface area contributed by atoms with Gasteiger partial charge in [-0.05, 0) is 32.1 Å². The highest BCUT2D eigenvalue weighted by Crippen LogP contribution is 2.06. The summed E-state index contributed by atoms with van der Waals surface area (Å²) in [5.74, 6) is -8.93. The molecule has 0 aliphatic carbocycles. The summed E-state index contributed by atoms with van der Waals surface area (Å²) >= 11 is 0. The third kappa shape index (κ3) is 16.2. The van der Waals surface area contributed by atoms with Crippen LogP contribution in [0, 0.1) is 0 Å². The molecule has 17 heteroatoms. The van der Waals surface area contributed by atoms with Gasteiger partial charge in [0, 0.05) is 32.1 Å². The third-order valence-electron chi connectivity index (χ3n) is 5.53. The van der Waals surface area contributed by atoms with Crippen LogP contribution in [-0.4, -0.2) is 98.4 Å². The summed E-state index contributed by atoms with van der Waals surface area (Å²) in [5, 5.41) is 45.6. The summed E-state index contributed by atoms with van der Waals surface area (Å²) in [6, 6.07) is -5.90. The summed E-state index contributed by atoms with van der Waals surface area (Å²) in [5.41, 5.74) is 0. The number of aliphatic carboxylic acids is 4. The van der Waals surface area contributed by atoms with Crippen molar-refractivity contribution in [3.63, 3.8) is 0 Å². The minimum Gasteiger partial charge on any atom is -0.480 e. The van der Waals surface area contributed by atoms with E-state index >= 15 is 0 Å². The average Bonchev–Trinajstić information content (AvgIpc) is 2.88. The molecule has 0 saturated carbocycles. The second-order valence-corrected chi connectivity index (χ2v) is 8.88. The Morgan fingerprint density at radius 1 is 0.512 bits per heavy atom. The van der Waals surface area contributed by atoms with Crippen LogP contribution in [0.5, 0.6) is 0 Å². The van der Waals surface area contributed by atoms with Crippen molar-refractivity contribution in [3.05, 3.63) is 0 Å². The molecule has 1 radical (unpaired) electrons. The van der Waals surface area contributed by atoms with E-state index in [9.17, 15) is 58.5 Å². The topological polar surface area (TPSA) is 283 Å². The Morgan fingerprint density at radius 3 is 1.02 bits per heavy atom. The molecular weight excluding hydrogens is 552 g/mol. The van der Waals surface area contributed by atoms with Gasteiger partial charge in [-0.25, -0.2) is 19.2 Å². The van der Waals surface area contributed by atoms with Gasteiger partial charge >= 0.3 is 23.9 Å². The second kappa shape index (κ2) is 19.5. The fourth-order valence-corrected chi connectivity index (χ4v) is 3.35. The molecule has 0 bridgehead atoms. The van der Waals surface area contributed by atoms with E-state index in [1.807, 2.05) is 0 Å². The average molecular weight is 588 g/mol. The Bertz CT molecular complexity index is 985. The lowest BCUT2D eigenvalue weighted by molar-refractivity contribution is -0.144. The van der Waals surface area contributed by atoms with Crippen LogP contribution in [0.4, 0.5) is 0 Å². The lowest BCUT2D eigenvalue weighted by Gasteiger charge is -2.18. The molecule has 0 aliphatic rings. The van der Waals surface area contributed by atoms with Crippen molar-refractivity contribution in [1.82, 2.24) is 21.3 Å². The molecule has 4 amide bonds. The molecule has 17 nitrogen and oxygen atoms in total. The number of carboxylic acids is 4. The van der Waals surface area contributed by atoms with Gasteiger partial charge in [0.1, 0.15) is 24.2 Å². The minimum absolute atomic E-state index is 0.0850. The molecule has 0 heterocycles. The zero-order valence-corrected chi connectivity index (χ0v) is 22.3. The predicted molar refractivity (Wildman–Crippen MR) is 136 cm³/mol. The zero-order chi connectivity index (χ0) is 31.5. The molecule has 0 spiro atoms. The number of hydrogen-bond donors (Lipinski definition) is 8. The molecule has 0 aromatic rings. The maximum atomic E-state index is 12.2.